The maximum absolute atomic E-state index is 12.9. The van der Waals surface area contributed by atoms with Crippen molar-refractivity contribution in [3.8, 4) is 11.5 Å². The summed E-state index contributed by atoms with van der Waals surface area (Å²) in [6.45, 7) is 0.111. The number of hydrogen-bond acceptors (Lipinski definition) is 5. The zero-order valence-electron chi connectivity index (χ0n) is 14.4. The first-order chi connectivity index (χ1) is 13.1. The highest BCUT2D eigenvalue weighted by Gasteiger charge is 2.29. The fraction of sp³-hybridized carbons (Fsp3) is 0.263. The van der Waals surface area contributed by atoms with Crippen LogP contribution in [0.25, 0.3) is 11.5 Å². The Balaban J connectivity index is 1.43. The Morgan fingerprint density at radius 3 is 2.74 bits per heavy atom. The normalized spacial score (nSPS) is 13.5. The predicted molar refractivity (Wildman–Crippen MR) is 94.2 cm³/mol. The Kier molecular flexibility index (Phi) is 4.53. The van der Waals surface area contributed by atoms with Gasteiger partial charge in [-0.05, 0) is 36.6 Å². The monoisotopic (exact) mass is 368 g/mol. The van der Waals surface area contributed by atoms with Crippen LogP contribution in [0.2, 0.25) is 0 Å². The van der Waals surface area contributed by atoms with Crippen LogP contribution < -0.4 is 10.9 Å². The van der Waals surface area contributed by atoms with Gasteiger partial charge < -0.3 is 14.4 Å². The average Bonchev–Trinajstić information content (AvgIpc) is 3.40. The summed E-state index contributed by atoms with van der Waals surface area (Å²) >= 11 is 0. The topological polar surface area (TPSA) is 90.0 Å². The number of aromatic nitrogens is 3. The van der Waals surface area contributed by atoms with Crippen LogP contribution in [0.4, 0.5) is 4.39 Å². The van der Waals surface area contributed by atoms with Crippen LogP contribution >= 0.6 is 0 Å². The van der Waals surface area contributed by atoms with Gasteiger partial charge in [-0.25, -0.2) is 4.39 Å². The average molecular weight is 368 g/mol. The zero-order chi connectivity index (χ0) is 18.8. The van der Waals surface area contributed by atoms with E-state index in [0.29, 0.717) is 23.2 Å². The van der Waals surface area contributed by atoms with E-state index in [1.54, 1.807) is 18.2 Å². The molecule has 3 aromatic rings. The molecule has 1 fully saturated rings. The quantitative estimate of drug-likeness (QED) is 0.721. The molecule has 0 unspecified atom stereocenters. The third-order valence-electron chi connectivity index (χ3n) is 4.33. The van der Waals surface area contributed by atoms with Crippen LogP contribution in [0.5, 0.6) is 0 Å². The summed E-state index contributed by atoms with van der Waals surface area (Å²) in [4.78, 5) is 28.6. The van der Waals surface area contributed by atoms with Gasteiger partial charge in [-0.2, -0.15) is 4.98 Å². The van der Waals surface area contributed by atoms with Gasteiger partial charge in [0, 0.05) is 24.7 Å². The van der Waals surface area contributed by atoms with Gasteiger partial charge in [0.1, 0.15) is 12.4 Å². The number of carbonyl (C=O) groups excluding carboxylic acids is 1. The fourth-order valence-corrected chi connectivity index (χ4v) is 2.65. The van der Waals surface area contributed by atoms with Gasteiger partial charge in [0.05, 0.1) is 5.56 Å². The molecule has 1 amide bonds. The third kappa shape index (κ3) is 4.11. The number of halogens is 1. The molecule has 0 saturated heterocycles. The SMILES string of the molecule is O=C(Cn1cc(-c2nc(C3CC3)no2)ccc1=O)NCc1ccc(F)cc1. The van der Waals surface area contributed by atoms with Crippen LogP contribution in [0.1, 0.15) is 30.1 Å². The van der Waals surface area contributed by atoms with Gasteiger partial charge >= 0.3 is 0 Å². The lowest BCUT2D eigenvalue weighted by molar-refractivity contribution is -0.121. The highest BCUT2D eigenvalue weighted by Crippen LogP contribution is 2.38. The van der Waals surface area contributed by atoms with E-state index in [-0.39, 0.29) is 30.4 Å². The van der Waals surface area contributed by atoms with Crippen LogP contribution in [0.15, 0.2) is 51.9 Å². The van der Waals surface area contributed by atoms with E-state index in [9.17, 15) is 14.0 Å². The smallest absolute Gasteiger partial charge is 0.259 e. The number of amides is 1. The minimum Gasteiger partial charge on any atom is -0.350 e. The van der Waals surface area contributed by atoms with Crippen molar-refractivity contribution in [1.82, 2.24) is 20.0 Å². The second kappa shape index (κ2) is 7.14. The predicted octanol–water partition coefficient (Wildman–Crippen LogP) is 2.23. The highest BCUT2D eigenvalue weighted by molar-refractivity contribution is 5.75. The molecule has 1 aromatic carbocycles. The second-order valence-electron chi connectivity index (χ2n) is 6.52. The molecule has 0 aliphatic heterocycles. The Hall–Kier alpha value is -3.29. The standard InChI is InChI=1S/C19H17FN4O3/c20-15-6-1-12(2-7-15)9-21-16(25)11-24-10-14(5-8-17(24)26)19-22-18(23-27-19)13-3-4-13/h1-2,5-8,10,13H,3-4,9,11H2,(H,21,25). The van der Waals surface area contributed by atoms with E-state index in [1.165, 1.54) is 29.0 Å². The summed E-state index contributed by atoms with van der Waals surface area (Å²) in [5.41, 5.74) is 1.04. The van der Waals surface area contributed by atoms with E-state index >= 15 is 0 Å². The number of carbonyl (C=O) groups is 1. The molecule has 0 bridgehead atoms. The molecule has 0 spiro atoms. The summed E-state index contributed by atoms with van der Waals surface area (Å²) in [7, 11) is 0. The number of nitrogens with one attached hydrogen (secondary N) is 1. The van der Waals surface area contributed by atoms with Crippen molar-refractivity contribution in [3.63, 3.8) is 0 Å². The lowest BCUT2D eigenvalue weighted by atomic mass is 10.2. The Morgan fingerprint density at radius 2 is 2.00 bits per heavy atom. The molecule has 1 saturated carbocycles. The number of benzene rings is 1. The van der Waals surface area contributed by atoms with Crippen molar-refractivity contribution in [3.05, 3.63) is 70.2 Å². The van der Waals surface area contributed by atoms with Crippen molar-refractivity contribution in [2.24, 2.45) is 0 Å². The van der Waals surface area contributed by atoms with Gasteiger partial charge in [-0.1, -0.05) is 17.3 Å². The molecular weight excluding hydrogens is 351 g/mol. The van der Waals surface area contributed by atoms with Crippen LogP contribution in [-0.4, -0.2) is 20.6 Å². The van der Waals surface area contributed by atoms with Crippen LogP contribution in [-0.2, 0) is 17.9 Å². The molecule has 8 heteroatoms. The minimum atomic E-state index is -0.334. The van der Waals surface area contributed by atoms with Crippen molar-refractivity contribution in [1.29, 1.82) is 0 Å². The fourth-order valence-electron chi connectivity index (χ4n) is 2.65. The minimum absolute atomic E-state index is 0.141. The number of nitrogens with zero attached hydrogens (tertiary/aromatic N) is 3. The molecule has 2 heterocycles. The molecule has 4 rings (SSSR count). The molecule has 1 aliphatic rings. The number of pyridine rings is 1. The van der Waals surface area contributed by atoms with E-state index in [0.717, 1.165) is 18.4 Å². The first kappa shape index (κ1) is 17.1. The molecule has 1 N–H and O–H groups in total. The maximum atomic E-state index is 12.9. The molecule has 1 aliphatic carbocycles. The molecule has 7 nitrogen and oxygen atoms in total. The molecule has 0 atom stereocenters. The summed E-state index contributed by atoms with van der Waals surface area (Å²) in [5, 5.41) is 6.67. The Labute approximate surface area is 153 Å². The van der Waals surface area contributed by atoms with Gasteiger partial charge in [-0.3, -0.25) is 9.59 Å². The molecular formula is C19H17FN4O3. The summed E-state index contributed by atoms with van der Waals surface area (Å²) in [6, 6.07) is 8.80. The summed E-state index contributed by atoms with van der Waals surface area (Å²) in [5.74, 6) is 0.713. The lowest BCUT2D eigenvalue weighted by Gasteiger charge is -2.08. The van der Waals surface area contributed by atoms with Gasteiger partial charge in [-0.15, -0.1) is 0 Å². The molecule has 138 valence electrons. The third-order valence-corrected chi connectivity index (χ3v) is 4.33. The molecule has 2 aromatic heterocycles. The van der Waals surface area contributed by atoms with Crippen molar-refractivity contribution >= 4 is 5.91 Å². The Bertz CT molecular complexity index is 1020. The number of hydrogen-bond donors (Lipinski definition) is 1. The van der Waals surface area contributed by atoms with E-state index < -0.39 is 0 Å². The summed E-state index contributed by atoms with van der Waals surface area (Å²) < 4.78 is 19.4. The summed E-state index contributed by atoms with van der Waals surface area (Å²) in [6.07, 6.45) is 3.66. The highest BCUT2D eigenvalue weighted by atomic mass is 19.1. The van der Waals surface area contributed by atoms with E-state index in [2.05, 4.69) is 15.5 Å². The molecule has 0 radical (unpaired) electrons. The maximum Gasteiger partial charge on any atom is 0.259 e. The van der Waals surface area contributed by atoms with E-state index in [1.807, 2.05) is 0 Å². The first-order valence-corrected chi connectivity index (χ1v) is 8.64. The lowest BCUT2D eigenvalue weighted by Crippen LogP contribution is -2.31. The van der Waals surface area contributed by atoms with E-state index in [4.69, 9.17) is 4.52 Å². The van der Waals surface area contributed by atoms with Crippen molar-refractivity contribution in [2.75, 3.05) is 0 Å². The van der Waals surface area contributed by atoms with Gasteiger partial charge in [0.15, 0.2) is 5.82 Å². The van der Waals surface area contributed by atoms with Gasteiger partial charge in [0.2, 0.25) is 5.91 Å². The first-order valence-electron chi connectivity index (χ1n) is 8.64. The number of rotatable bonds is 6. The molecule has 27 heavy (non-hydrogen) atoms. The van der Waals surface area contributed by atoms with Crippen LogP contribution in [0, 0.1) is 5.82 Å². The van der Waals surface area contributed by atoms with Crippen LogP contribution in [0.3, 0.4) is 0 Å². The second-order valence-corrected chi connectivity index (χ2v) is 6.52. The largest absolute Gasteiger partial charge is 0.350 e. The van der Waals surface area contributed by atoms with Crippen molar-refractivity contribution in [2.45, 2.75) is 31.8 Å². The zero-order valence-corrected chi connectivity index (χ0v) is 14.4. The van der Waals surface area contributed by atoms with Crippen molar-refractivity contribution < 1.29 is 13.7 Å². The Morgan fingerprint density at radius 1 is 1.22 bits per heavy atom. The van der Waals surface area contributed by atoms with Gasteiger partial charge in [0.25, 0.3) is 11.4 Å².